The van der Waals surface area contributed by atoms with E-state index in [1.165, 1.54) is 43.6 Å². The number of sulfonamides is 1. The maximum Gasteiger partial charge on any atom is 0.250 e. The normalized spacial score (nSPS) is 18.7. The zero-order valence-electron chi connectivity index (χ0n) is 16.1. The van der Waals surface area contributed by atoms with Crippen LogP contribution in [0.4, 0.5) is 0 Å². The largest absolute Gasteiger partial charge is 0.355 e. The Morgan fingerprint density at radius 1 is 1.30 bits per heavy atom. The summed E-state index contributed by atoms with van der Waals surface area (Å²) in [5.74, 6) is 0.699. The van der Waals surface area contributed by atoms with E-state index >= 15 is 0 Å². The molecule has 0 saturated carbocycles. The number of halogens is 1. The van der Waals surface area contributed by atoms with E-state index in [9.17, 15) is 8.42 Å². The minimum Gasteiger partial charge on any atom is -0.355 e. The van der Waals surface area contributed by atoms with Gasteiger partial charge in [-0.3, -0.25) is 9.89 Å². The molecule has 7 nitrogen and oxygen atoms in total. The van der Waals surface area contributed by atoms with Crippen LogP contribution in [0.25, 0.3) is 0 Å². The molecule has 10 heteroatoms. The lowest BCUT2D eigenvalue weighted by atomic mass is 10.0. The van der Waals surface area contributed by atoms with E-state index in [0.717, 1.165) is 13.1 Å². The van der Waals surface area contributed by atoms with Crippen LogP contribution in [0.2, 0.25) is 0 Å². The van der Waals surface area contributed by atoms with Crippen LogP contribution in [-0.4, -0.2) is 65.1 Å². The predicted octanol–water partition coefficient (Wildman–Crippen LogP) is 2.07. The Bertz CT molecular complexity index is 652. The lowest BCUT2D eigenvalue weighted by molar-refractivity contribution is 0.147. The third-order valence-corrected chi connectivity index (χ3v) is 7.46. The molecule has 0 amide bonds. The number of guanidine groups is 1. The highest BCUT2D eigenvalue weighted by Gasteiger charge is 2.20. The molecule has 1 saturated heterocycles. The van der Waals surface area contributed by atoms with Crippen LogP contribution in [0, 0.1) is 0 Å². The summed E-state index contributed by atoms with van der Waals surface area (Å²) in [6.07, 6.45) is 5.13. The molecule has 156 valence electrons. The van der Waals surface area contributed by atoms with Crippen molar-refractivity contribution in [3.63, 3.8) is 0 Å². The molecular weight excluding hydrogens is 497 g/mol. The van der Waals surface area contributed by atoms with Gasteiger partial charge < -0.3 is 10.6 Å². The minimum atomic E-state index is -3.40. The van der Waals surface area contributed by atoms with Crippen LogP contribution in [0.5, 0.6) is 0 Å². The average Bonchev–Trinajstić information content (AvgIpc) is 3.19. The van der Waals surface area contributed by atoms with Crippen molar-refractivity contribution in [1.82, 2.24) is 20.3 Å². The number of aliphatic imine (C=N–C) groups is 1. The van der Waals surface area contributed by atoms with E-state index in [1.54, 1.807) is 24.6 Å². The monoisotopic (exact) mass is 529 g/mol. The van der Waals surface area contributed by atoms with Gasteiger partial charge in [0.25, 0.3) is 0 Å². The highest BCUT2D eigenvalue weighted by atomic mass is 127. The van der Waals surface area contributed by atoms with Crippen molar-refractivity contribution in [3.05, 3.63) is 17.5 Å². The van der Waals surface area contributed by atoms with Crippen LogP contribution in [0.1, 0.15) is 32.6 Å². The number of hydrogen-bond donors (Lipinski definition) is 3. The lowest BCUT2D eigenvalue weighted by Gasteiger charge is -2.35. The minimum absolute atomic E-state index is 0. The van der Waals surface area contributed by atoms with E-state index in [2.05, 4.69) is 32.2 Å². The van der Waals surface area contributed by atoms with Crippen molar-refractivity contribution in [2.24, 2.45) is 4.99 Å². The van der Waals surface area contributed by atoms with Crippen LogP contribution in [0.3, 0.4) is 0 Å². The van der Waals surface area contributed by atoms with Crippen LogP contribution >= 0.6 is 35.3 Å². The highest BCUT2D eigenvalue weighted by Crippen LogP contribution is 2.18. The number of piperidine rings is 1. The lowest BCUT2D eigenvalue weighted by Crippen LogP contribution is -2.46. The van der Waals surface area contributed by atoms with Gasteiger partial charge in [-0.25, -0.2) is 13.1 Å². The second-order valence-electron chi connectivity index (χ2n) is 6.35. The maximum atomic E-state index is 12.0. The third-order valence-electron chi connectivity index (χ3n) is 4.60. The molecule has 0 aromatic carbocycles. The topological polar surface area (TPSA) is 85.8 Å². The second-order valence-corrected chi connectivity index (χ2v) is 9.29. The van der Waals surface area contributed by atoms with E-state index in [1.807, 2.05) is 0 Å². The Morgan fingerprint density at radius 2 is 2.07 bits per heavy atom. The van der Waals surface area contributed by atoms with Crippen molar-refractivity contribution in [2.45, 2.75) is 42.9 Å². The maximum absolute atomic E-state index is 12.0. The standard InChI is InChI=1S/C17H31N5O2S2.HI/c1-3-15-7-4-5-12-22(15)13-11-20-17(18-2)19-9-10-21-26(23,24)16-8-6-14-25-16;/h6,8,14-15,21H,3-5,7,9-13H2,1-2H3,(H2,18,19,20);1H. The van der Waals surface area contributed by atoms with E-state index in [-0.39, 0.29) is 24.0 Å². The van der Waals surface area contributed by atoms with Gasteiger partial charge in [-0.15, -0.1) is 35.3 Å². The quantitative estimate of drug-likeness (QED) is 0.198. The first kappa shape index (κ1) is 24.6. The fourth-order valence-electron chi connectivity index (χ4n) is 3.21. The fourth-order valence-corrected chi connectivity index (χ4v) is 5.28. The number of rotatable bonds is 9. The van der Waals surface area contributed by atoms with E-state index in [4.69, 9.17) is 0 Å². The van der Waals surface area contributed by atoms with Crippen LogP contribution in [-0.2, 0) is 10.0 Å². The van der Waals surface area contributed by atoms with Crippen molar-refractivity contribution in [3.8, 4) is 0 Å². The summed E-state index contributed by atoms with van der Waals surface area (Å²) in [5.41, 5.74) is 0. The predicted molar refractivity (Wildman–Crippen MR) is 124 cm³/mol. The number of likely N-dealkylation sites (tertiary alicyclic amines) is 1. The molecule has 0 spiro atoms. The molecule has 2 heterocycles. The first-order chi connectivity index (χ1) is 12.6. The van der Waals surface area contributed by atoms with Crippen LogP contribution in [0.15, 0.2) is 26.7 Å². The summed E-state index contributed by atoms with van der Waals surface area (Å²) in [4.78, 5) is 6.75. The Morgan fingerprint density at radius 3 is 2.74 bits per heavy atom. The van der Waals surface area contributed by atoms with Gasteiger partial charge in [0.1, 0.15) is 4.21 Å². The van der Waals surface area contributed by atoms with Crippen molar-refractivity contribution < 1.29 is 8.42 Å². The van der Waals surface area contributed by atoms with Crippen molar-refractivity contribution >= 4 is 51.3 Å². The second kappa shape index (κ2) is 12.9. The van der Waals surface area contributed by atoms with Crippen LogP contribution < -0.4 is 15.4 Å². The highest BCUT2D eigenvalue weighted by molar-refractivity contribution is 14.0. The molecule has 2 rings (SSSR count). The first-order valence-electron chi connectivity index (χ1n) is 9.28. The van der Waals surface area contributed by atoms with Gasteiger partial charge in [-0.05, 0) is 37.3 Å². The van der Waals surface area contributed by atoms with Gasteiger partial charge in [0, 0.05) is 39.3 Å². The summed E-state index contributed by atoms with van der Waals surface area (Å²) >= 11 is 1.21. The molecule has 1 aromatic heterocycles. The van der Waals surface area contributed by atoms with Gasteiger partial charge >= 0.3 is 0 Å². The smallest absolute Gasteiger partial charge is 0.250 e. The summed E-state index contributed by atoms with van der Waals surface area (Å²) in [6, 6.07) is 4.03. The van der Waals surface area contributed by atoms with Gasteiger partial charge in [-0.1, -0.05) is 19.4 Å². The Balaban J connectivity index is 0.00000364. The van der Waals surface area contributed by atoms with Gasteiger partial charge in [-0.2, -0.15) is 0 Å². The molecule has 1 fully saturated rings. The average molecular weight is 530 g/mol. The fraction of sp³-hybridized carbons (Fsp3) is 0.706. The molecule has 0 radical (unpaired) electrons. The Labute approximate surface area is 184 Å². The first-order valence-corrected chi connectivity index (χ1v) is 11.6. The van der Waals surface area contributed by atoms with E-state index < -0.39 is 10.0 Å². The Kier molecular flexibility index (Phi) is 11.8. The van der Waals surface area contributed by atoms with Gasteiger partial charge in [0.05, 0.1) is 0 Å². The Hall–Kier alpha value is -0.430. The summed E-state index contributed by atoms with van der Waals surface area (Å²) in [7, 11) is -1.68. The number of nitrogens with one attached hydrogen (secondary N) is 3. The SMILES string of the molecule is CCC1CCCCN1CCNC(=NC)NCCNS(=O)(=O)c1cccs1.I. The summed E-state index contributed by atoms with van der Waals surface area (Å²) < 4.78 is 27.0. The summed E-state index contributed by atoms with van der Waals surface area (Å²) in [5, 5.41) is 8.21. The van der Waals surface area contributed by atoms with Gasteiger partial charge in [0.2, 0.25) is 10.0 Å². The number of thiophene rings is 1. The van der Waals surface area contributed by atoms with Crippen molar-refractivity contribution in [2.75, 3.05) is 39.8 Å². The number of nitrogens with zero attached hydrogens (tertiary/aromatic N) is 2. The molecule has 1 aliphatic rings. The van der Waals surface area contributed by atoms with Crippen molar-refractivity contribution in [1.29, 1.82) is 0 Å². The molecule has 1 aromatic rings. The molecule has 0 aliphatic carbocycles. The molecular formula is C17H32IN5O2S2. The zero-order chi connectivity index (χ0) is 18.8. The number of hydrogen-bond acceptors (Lipinski definition) is 5. The van der Waals surface area contributed by atoms with Gasteiger partial charge in [0.15, 0.2) is 5.96 Å². The molecule has 1 unspecified atom stereocenters. The molecule has 0 bridgehead atoms. The third kappa shape index (κ3) is 8.22. The van der Waals surface area contributed by atoms with E-state index in [0.29, 0.717) is 29.3 Å². The summed E-state index contributed by atoms with van der Waals surface area (Å²) in [6.45, 7) is 6.06. The zero-order valence-corrected chi connectivity index (χ0v) is 20.1. The molecule has 1 atom stereocenters. The molecule has 1 aliphatic heterocycles. The molecule has 27 heavy (non-hydrogen) atoms. The molecule has 3 N–H and O–H groups in total.